The zero-order chi connectivity index (χ0) is 5.91. The molecule has 0 amide bonds. The Morgan fingerprint density at radius 3 is 2.12 bits per heavy atom. The Bertz CT molecular complexity index is 86.0. The predicted octanol–water partition coefficient (Wildman–Crippen LogP) is 0.369. The van der Waals surface area contributed by atoms with Gasteiger partial charge in [0.1, 0.15) is 0 Å². The van der Waals surface area contributed by atoms with E-state index < -0.39 is 7.82 Å². The van der Waals surface area contributed by atoms with Crippen LogP contribution in [0.25, 0.3) is 0 Å². The van der Waals surface area contributed by atoms with Gasteiger partial charge in [-0.3, -0.25) is 0 Å². The largest absolute Gasteiger partial charge is 0 e. The molecule has 2 atom stereocenters. The van der Waals surface area contributed by atoms with Crippen molar-refractivity contribution in [2.75, 3.05) is 0 Å². The predicted molar refractivity (Wildman–Crippen MR) is 21.7 cm³/mol. The molecule has 8 heavy (non-hydrogen) atoms. The van der Waals surface area contributed by atoms with Gasteiger partial charge in [-0.1, -0.05) is 0 Å². The van der Waals surface area contributed by atoms with Crippen molar-refractivity contribution >= 4 is 17.3 Å². The molecule has 4 nitrogen and oxygen atoms in total. The van der Waals surface area contributed by atoms with Crippen LogP contribution in [0.2, 0.25) is 0 Å². The third kappa shape index (κ3) is 5.94. The Morgan fingerprint density at radius 1 is 1.75 bits per heavy atom. The quantitative estimate of drug-likeness (QED) is 0.584. The first kappa shape index (κ1) is 12.5. The molecule has 0 heterocycles. The fraction of sp³-hybridized carbons (Fsp3) is 0. The zero-order valence-corrected chi connectivity index (χ0v) is 9.00. The van der Waals surface area contributed by atoms with E-state index in [-0.39, 0.29) is 18.6 Å². The van der Waals surface area contributed by atoms with Crippen LogP contribution >= 0.6 is 17.3 Å². The average Bonchev–Trinajstić information content (AvgIpc) is 1.68. The SMILES string of the molecule is O=P(O)(OP)[O][Mo].[V]. The molecule has 8 heteroatoms. The van der Waals surface area contributed by atoms with Crippen LogP contribution in [0.5, 0.6) is 0 Å². The molecule has 0 aliphatic heterocycles. The number of hydrogen-bond acceptors (Lipinski definition) is 3. The molecule has 0 aromatic carbocycles. The monoisotopic (exact) mass is 278 g/mol. The van der Waals surface area contributed by atoms with Gasteiger partial charge >= 0.3 is 54.4 Å². The van der Waals surface area contributed by atoms with Gasteiger partial charge in [-0.15, -0.1) is 0 Å². The smallest absolute Gasteiger partial charge is 0 e. The standard InChI is InChI=1S/Mo.H4O4P2.V/c;1-6(2,3)4-5;/h;5H2,(H2,1,2,3);/q+1;;/p-1. The average molecular weight is 276 g/mol. The van der Waals surface area contributed by atoms with Gasteiger partial charge in [-0.25, -0.2) is 0 Å². The minimum Gasteiger partial charge on any atom is 0 e. The summed E-state index contributed by atoms with van der Waals surface area (Å²) in [5, 5.41) is 0. The molecule has 0 saturated heterocycles. The third-order valence-electron chi connectivity index (χ3n) is 0.227. The molecule has 48 valence electrons. The maximum absolute atomic E-state index is 10.0. The molecule has 0 fully saturated rings. The molecule has 0 aromatic heterocycles. The van der Waals surface area contributed by atoms with Crippen LogP contribution in [-0.2, 0) is 50.8 Å². The summed E-state index contributed by atoms with van der Waals surface area (Å²) in [6, 6.07) is 0. The summed E-state index contributed by atoms with van der Waals surface area (Å²) in [6.07, 6.45) is 0. The van der Waals surface area contributed by atoms with Crippen LogP contribution in [0.4, 0.5) is 0 Å². The Morgan fingerprint density at radius 2 is 2.12 bits per heavy atom. The summed E-state index contributed by atoms with van der Waals surface area (Å²) in [6.45, 7) is 0. The Kier molecular flexibility index (Phi) is 8.72. The van der Waals surface area contributed by atoms with Gasteiger partial charge in [0.15, 0.2) is 0 Å². The van der Waals surface area contributed by atoms with Crippen molar-refractivity contribution in [1.29, 1.82) is 0 Å². The summed E-state index contributed by atoms with van der Waals surface area (Å²) < 4.78 is 17.9. The van der Waals surface area contributed by atoms with E-state index in [0.29, 0.717) is 0 Å². The number of hydrogen-bond donors (Lipinski definition) is 1. The Hall–Kier alpha value is 1.81. The van der Waals surface area contributed by atoms with Gasteiger partial charge in [0.05, 0.1) is 0 Å². The van der Waals surface area contributed by atoms with Crippen LogP contribution in [0, 0.1) is 0 Å². The van der Waals surface area contributed by atoms with Crippen molar-refractivity contribution in [2.24, 2.45) is 0 Å². The van der Waals surface area contributed by atoms with Crippen molar-refractivity contribution in [3.05, 3.63) is 0 Å². The van der Waals surface area contributed by atoms with E-state index in [0.717, 1.165) is 20.2 Å². The number of phosphoric acid groups is 1. The second-order valence-corrected chi connectivity index (χ2v) is 3.68. The van der Waals surface area contributed by atoms with Crippen molar-refractivity contribution in [3.63, 3.8) is 0 Å². The molecule has 0 aliphatic carbocycles. The van der Waals surface area contributed by atoms with Crippen LogP contribution in [0.3, 0.4) is 0 Å². The van der Waals surface area contributed by atoms with Crippen molar-refractivity contribution in [3.8, 4) is 0 Å². The summed E-state index contributed by atoms with van der Waals surface area (Å²) in [5.74, 6) is 0. The molecule has 0 saturated carbocycles. The fourth-order valence-electron chi connectivity index (χ4n) is 0.0176. The van der Waals surface area contributed by atoms with E-state index in [1.54, 1.807) is 9.47 Å². The van der Waals surface area contributed by atoms with Crippen molar-refractivity contribution in [2.45, 2.75) is 0 Å². The van der Waals surface area contributed by atoms with E-state index in [1.165, 1.54) is 0 Å². The van der Waals surface area contributed by atoms with E-state index in [2.05, 4.69) is 7.49 Å². The summed E-state index contributed by atoms with van der Waals surface area (Å²) in [4.78, 5) is 8.22. The molecule has 1 radical (unpaired) electrons. The van der Waals surface area contributed by atoms with E-state index >= 15 is 0 Å². The van der Waals surface area contributed by atoms with Gasteiger partial charge in [-0.2, -0.15) is 0 Å². The van der Waals surface area contributed by atoms with Crippen LogP contribution in [-0.4, -0.2) is 4.89 Å². The summed E-state index contributed by atoms with van der Waals surface area (Å²) in [7, 11) is -2.05. The van der Waals surface area contributed by atoms with Gasteiger partial charge in [-0.05, 0) is 0 Å². The maximum atomic E-state index is 10.0. The second kappa shape index (κ2) is 5.59. The van der Waals surface area contributed by atoms with Crippen LogP contribution < -0.4 is 0 Å². The Balaban J connectivity index is 0. The maximum Gasteiger partial charge on any atom is 0 e. The summed E-state index contributed by atoms with van der Waals surface area (Å²) in [5.41, 5.74) is 0. The van der Waals surface area contributed by atoms with E-state index in [9.17, 15) is 4.57 Å². The molecule has 0 rings (SSSR count). The zero-order valence-electron chi connectivity index (χ0n) is 3.55. The molecule has 1 N–H and O–H groups in total. The first-order valence-corrected chi connectivity index (χ1v) is 3.94. The van der Waals surface area contributed by atoms with E-state index in [1.807, 2.05) is 0 Å². The number of rotatable bonds is 2. The molecule has 0 spiro atoms. The third-order valence-corrected chi connectivity index (χ3v) is 2.87. The topological polar surface area (TPSA) is 55.8 Å². The van der Waals surface area contributed by atoms with Gasteiger partial charge < -0.3 is 0 Å². The first-order valence-electron chi connectivity index (χ1n) is 1.15. The minimum atomic E-state index is -3.69. The van der Waals surface area contributed by atoms with Crippen LogP contribution in [0.1, 0.15) is 0 Å². The minimum absolute atomic E-state index is 0. The fourth-order valence-corrected chi connectivity index (χ4v) is 0.935. The normalized spacial score (nSPS) is 16.2. The molecular formula is H3MoO4P2V. The van der Waals surface area contributed by atoms with Gasteiger partial charge in [0.25, 0.3) is 0 Å². The molecule has 0 bridgehead atoms. The van der Waals surface area contributed by atoms with Crippen LogP contribution in [0.15, 0.2) is 0 Å². The molecular weight excluding hydrogens is 273 g/mol. The van der Waals surface area contributed by atoms with E-state index in [4.69, 9.17) is 4.89 Å². The van der Waals surface area contributed by atoms with Gasteiger partial charge in [0, 0.05) is 18.6 Å². The summed E-state index contributed by atoms with van der Waals surface area (Å²) >= 11 is 1.02. The van der Waals surface area contributed by atoms with Gasteiger partial charge in [0.2, 0.25) is 0 Å². The molecule has 0 aromatic rings. The second-order valence-electron chi connectivity index (χ2n) is 0.649. The Labute approximate surface area is 72.9 Å². The molecule has 2 unspecified atom stereocenters. The first-order chi connectivity index (χ1) is 3.12. The molecule has 0 aliphatic rings. The van der Waals surface area contributed by atoms with Crippen molar-refractivity contribution < 1.29 is 55.7 Å². The van der Waals surface area contributed by atoms with Crippen molar-refractivity contribution in [1.82, 2.24) is 0 Å².